The van der Waals surface area contributed by atoms with Gasteiger partial charge in [-0.2, -0.15) is 10.4 Å². The summed E-state index contributed by atoms with van der Waals surface area (Å²) in [5.74, 6) is -1.01. The van der Waals surface area contributed by atoms with Gasteiger partial charge in [-0.25, -0.2) is 9.50 Å². The topological polar surface area (TPSA) is 191 Å². The molecule has 2 fully saturated rings. The number of aromatic nitrogens is 3. The van der Waals surface area contributed by atoms with Crippen LogP contribution in [0.25, 0.3) is 5.52 Å². The Morgan fingerprint density at radius 2 is 2.00 bits per heavy atom. The van der Waals surface area contributed by atoms with Crippen LogP contribution in [0.15, 0.2) is 18.5 Å². The van der Waals surface area contributed by atoms with Crippen molar-refractivity contribution in [3.05, 3.63) is 24.2 Å². The van der Waals surface area contributed by atoms with Crippen LogP contribution in [0.4, 0.5) is 5.82 Å². The third-order valence-corrected chi connectivity index (χ3v) is 8.19. The van der Waals surface area contributed by atoms with Gasteiger partial charge in [-0.3, -0.25) is 14.4 Å². The van der Waals surface area contributed by atoms with Crippen LogP contribution in [0.1, 0.15) is 84.8 Å². The molecule has 4 N–H and O–H groups in total. The lowest BCUT2D eigenvalue weighted by Crippen LogP contribution is -2.49. The van der Waals surface area contributed by atoms with E-state index in [0.29, 0.717) is 18.4 Å². The van der Waals surface area contributed by atoms with Gasteiger partial charge in [0.1, 0.15) is 42.8 Å². The molecule has 5 atom stereocenters. The Morgan fingerprint density at radius 1 is 1.28 bits per heavy atom. The van der Waals surface area contributed by atoms with Crippen molar-refractivity contribution in [3.8, 4) is 6.07 Å². The van der Waals surface area contributed by atoms with E-state index in [4.69, 9.17) is 19.9 Å². The highest BCUT2D eigenvalue weighted by Gasteiger charge is 2.60. The number of carbonyl (C=O) groups excluding carboxylic acids is 3. The van der Waals surface area contributed by atoms with Crippen molar-refractivity contribution in [1.82, 2.24) is 14.6 Å². The molecule has 234 valence electrons. The van der Waals surface area contributed by atoms with Crippen LogP contribution in [-0.4, -0.2) is 68.5 Å². The van der Waals surface area contributed by atoms with Gasteiger partial charge in [-0.15, -0.1) is 0 Å². The van der Waals surface area contributed by atoms with Gasteiger partial charge in [-0.05, 0) is 42.7 Å². The van der Waals surface area contributed by atoms with Crippen molar-refractivity contribution in [2.75, 3.05) is 11.9 Å². The van der Waals surface area contributed by atoms with E-state index >= 15 is 0 Å². The van der Waals surface area contributed by atoms with Crippen LogP contribution < -0.4 is 11.1 Å². The number of amides is 1. The van der Waals surface area contributed by atoms with Crippen molar-refractivity contribution in [3.63, 3.8) is 0 Å². The van der Waals surface area contributed by atoms with Gasteiger partial charge in [0.25, 0.3) is 0 Å². The number of hydrogen-bond donors (Lipinski definition) is 3. The summed E-state index contributed by atoms with van der Waals surface area (Å²) in [7, 11) is 0. The Hall–Kier alpha value is -3.60. The van der Waals surface area contributed by atoms with E-state index in [9.17, 15) is 24.8 Å². The maximum Gasteiger partial charge on any atom is 0.323 e. The van der Waals surface area contributed by atoms with Gasteiger partial charge in [-0.1, -0.05) is 47.0 Å². The second kappa shape index (κ2) is 13.4. The van der Waals surface area contributed by atoms with Gasteiger partial charge in [0.2, 0.25) is 11.5 Å². The number of nitrogens with two attached hydrogens (primary N) is 1. The lowest BCUT2D eigenvalue weighted by Gasteiger charge is -2.29. The molecule has 1 aliphatic heterocycles. The van der Waals surface area contributed by atoms with Gasteiger partial charge >= 0.3 is 11.9 Å². The van der Waals surface area contributed by atoms with E-state index in [-0.39, 0.29) is 36.4 Å². The molecule has 1 amide bonds. The Bertz CT molecular complexity index is 1360. The second-order valence-electron chi connectivity index (χ2n) is 12.5. The largest absolute Gasteiger partial charge is 0.463 e. The predicted molar refractivity (Wildman–Crippen MR) is 154 cm³/mol. The number of hydrogen-bond acceptors (Lipinski definition) is 11. The van der Waals surface area contributed by atoms with Crippen molar-refractivity contribution < 1.29 is 33.7 Å². The first kappa shape index (κ1) is 32.3. The van der Waals surface area contributed by atoms with E-state index in [1.165, 1.54) is 16.9 Å². The molecular weight excluding hydrogens is 556 g/mol. The molecule has 13 heteroatoms. The van der Waals surface area contributed by atoms with Gasteiger partial charge in [0, 0.05) is 12.8 Å². The van der Waals surface area contributed by atoms with Crippen LogP contribution in [-0.2, 0) is 34.2 Å². The van der Waals surface area contributed by atoms with Crippen molar-refractivity contribution in [2.24, 2.45) is 17.1 Å². The molecule has 0 bridgehead atoms. The number of ether oxygens (including phenoxy) is 3. The van der Waals surface area contributed by atoms with E-state index in [1.807, 2.05) is 13.0 Å². The number of aliphatic hydroxyl groups excluding tert-OH is 1. The highest BCUT2D eigenvalue weighted by Crippen LogP contribution is 2.42. The van der Waals surface area contributed by atoms with E-state index < -0.39 is 47.3 Å². The number of carbonyl (C=O) groups is 3. The van der Waals surface area contributed by atoms with Gasteiger partial charge in [0.05, 0.1) is 5.69 Å². The Kier molecular flexibility index (Phi) is 10.0. The molecule has 2 aliphatic rings. The van der Waals surface area contributed by atoms with Crippen LogP contribution in [0, 0.1) is 22.7 Å². The number of aliphatic hydroxyl groups is 1. The highest BCUT2D eigenvalue weighted by atomic mass is 16.6. The lowest BCUT2D eigenvalue weighted by molar-refractivity contribution is -0.163. The van der Waals surface area contributed by atoms with Crippen LogP contribution in [0.5, 0.6) is 0 Å². The summed E-state index contributed by atoms with van der Waals surface area (Å²) in [6.07, 6.45) is 3.34. The van der Waals surface area contributed by atoms with Crippen LogP contribution >= 0.6 is 0 Å². The zero-order chi connectivity index (χ0) is 31.4. The first-order valence-corrected chi connectivity index (χ1v) is 14.9. The molecule has 1 saturated carbocycles. The molecule has 1 aliphatic carbocycles. The average Bonchev–Trinajstić information content (AvgIpc) is 3.52. The monoisotopic (exact) mass is 598 g/mol. The number of nitrogens with one attached hydrogen (secondary N) is 1. The van der Waals surface area contributed by atoms with Crippen molar-refractivity contribution >= 4 is 29.2 Å². The molecule has 4 rings (SSSR count). The van der Waals surface area contributed by atoms with Gasteiger partial charge < -0.3 is 30.4 Å². The molecule has 1 saturated heterocycles. The zero-order valence-electron chi connectivity index (χ0n) is 25.2. The minimum Gasteiger partial charge on any atom is -0.463 e. The summed E-state index contributed by atoms with van der Waals surface area (Å²) in [6, 6.07) is 4.11. The first-order valence-electron chi connectivity index (χ1n) is 14.9. The number of nitriles is 1. The molecule has 43 heavy (non-hydrogen) atoms. The smallest absolute Gasteiger partial charge is 0.323 e. The fourth-order valence-electron chi connectivity index (χ4n) is 5.60. The molecule has 2 aromatic heterocycles. The Labute approximate surface area is 251 Å². The van der Waals surface area contributed by atoms with Gasteiger partial charge in [0.15, 0.2) is 11.9 Å². The second-order valence-corrected chi connectivity index (χ2v) is 12.5. The fourth-order valence-corrected chi connectivity index (χ4v) is 5.60. The predicted octanol–water partition coefficient (Wildman–Crippen LogP) is 2.75. The lowest BCUT2D eigenvalue weighted by atomic mass is 9.87. The SMILES string of the molecule is CCCC(=O)Nc1ncnn2c([C@]3(C#N)O[C@H](COC(=O)CC4CCCCC4)[C@@H](OC(=O)[C@@H](N)C(C)(C)C)[C@H]3O)ccc12. The zero-order valence-corrected chi connectivity index (χ0v) is 25.2. The quantitative estimate of drug-likeness (QED) is 0.341. The molecule has 3 heterocycles. The average molecular weight is 599 g/mol. The third kappa shape index (κ3) is 6.98. The molecule has 0 aromatic carbocycles. The standard InChI is InChI=1S/C30H42N6O7/c1-5-9-22(37)35-27-19-12-13-21(36(19)34-17-33-27)30(16-31)26(39)24(42-28(40)25(32)29(2,3)4)20(43-30)15-41-23(38)14-18-10-7-6-8-11-18/h12-13,17-18,20,24-26,39H,5-11,14-15,32H2,1-4H3,(H,33,34,35,37)/t20-,24-,25-,26-,30+/m1/s1. The number of anilines is 1. The highest BCUT2D eigenvalue weighted by molar-refractivity contribution is 5.93. The fraction of sp³-hybridized carbons (Fsp3) is 0.667. The van der Waals surface area contributed by atoms with Crippen LogP contribution in [0.2, 0.25) is 0 Å². The Balaban J connectivity index is 1.64. The number of fused-ring (bicyclic) bond motifs is 1. The number of esters is 2. The van der Waals surface area contributed by atoms with E-state index in [0.717, 1.165) is 32.1 Å². The summed E-state index contributed by atoms with van der Waals surface area (Å²) >= 11 is 0. The summed E-state index contributed by atoms with van der Waals surface area (Å²) in [4.78, 5) is 42.2. The maximum atomic E-state index is 13.1. The Morgan fingerprint density at radius 3 is 2.65 bits per heavy atom. The molecule has 13 nitrogen and oxygen atoms in total. The van der Waals surface area contributed by atoms with Crippen molar-refractivity contribution in [2.45, 2.75) is 109 Å². The summed E-state index contributed by atoms with van der Waals surface area (Å²) in [5.41, 5.74) is 3.88. The summed E-state index contributed by atoms with van der Waals surface area (Å²) in [5, 5.41) is 29.1. The minimum atomic E-state index is -2.08. The number of rotatable bonds is 10. The molecule has 0 radical (unpaired) electrons. The normalized spacial score (nSPS) is 25.2. The first-order chi connectivity index (χ1) is 20.4. The summed E-state index contributed by atoms with van der Waals surface area (Å²) in [6.45, 7) is 6.84. The number of nitrogens with zero attached hydrogens (tertiary/aromatic N) is 4. The third-order valence-electron chi connectivity index (χ3n) is 8.19. The van der Waals surface area contributed by atoms with Crippen LogP contribution in [0.3, 0.4) is 0 Å². The summed E-state index contributed by atoms with van der Waals surface area (Å²) < 4.78 is 18.8. The maximum absolute atomic E-state index is 13.1. The minimum absolute atomic E-state index is 0.114. The van der Waals surface area contributed by atoms with Crippen molar-refractivity contribution in [1.29, 1.82) is 5.26 Å². The van der Waals surface area contributed by atoms with E-state index in [2.05, 4.69) is 15.4 Å². The molecule has 0 unspecified atom stereocenters. The van der Waals surface area contributed by atoms with E-state index in [1.54, 1.807) is 26.8 Å². The molecule has 2 aromatic rings. The molecular formula is C30H42N6O7. The molecule has 0 spiro atoms.